The largest absolute Gasteiger partial charge is 0.341 e. The predicted molar refractivity (Wildman–Crippen MR) is 106 cm³/mol. The number of para-hydroxylation sites is 1. The van der Waals surface area contributed by atoms with Crippen molar-refractivity contribution in [1.82, 2.24) is 9.88 Å². The number of nitrogens with zero attached hydrogens (tertiary/aromatic N) is 2. The molecule has 0 spiro atoms. The third kappa shape index (κ3) is 3.88. The van der Waals surface area contributed by atoms with Crippen LogP contribution in [0.3, 0.4) is 0 Å². The summed E-state index contributed by atoms with van der Waals surface area (Å²) in [6.45, 7) is 5.94. The van der Waals surface area contributed by atoms with Gasteiger partial charge in [0.15, 0.2) is 9.84 Å². The summed E-state index contributed by atoms with van der Waals surface area (Å²) >= 11 is 1.42. The minimum atomic E-state index is -3.01. The molecule has 1 saturated heterocycles. The zero-order chi connectivity index (χ0) is 19.1. The number of aryl methyl sites for hydroxylation is 2. The third-order valence-corrected chi connectivity index (χ3v) is 7.73. The predicted octanol–water partition coefficient (Wildman–Crippen LogP) is 2.98. The maximum absolute atomic E-state index is 12.7. The summed E-state index contributed by atoms with van der Waals surface area (Å²) in [5, 5.41) is 1.62. The molecule has 2 atom stereocenters. The Morgan fingerprint density at radius 1 is 1.31 bits per heavy atom. The Morgan fingerprint density at radius 3 is 2.69 bits per heavy atom. The number of hydrogen-bond acceptors (Lipinski definition) is 5. The lowest BCUT2D eigenvalue weighted by Gasteiger charge is -2.26. The maximum atomic E-state index is 12.7. The number of sulfone groups is 1. The van der Waals surface area contributed by atoms with Crippen LogP contribution < -0.4 is 0 Å². The number of hydrogen-bond donors (Lipinski definition) is 0. The molecule has 0 unspecified atom stereocenters. The summed E-state index contributed by atoms with van der Waals surface area (Å²) in [7, 11) is -1.30. The number of aromatic nitrogens is 1. The normalized spacial score (nSPS) is 20.2. The second-order valence-corrected chi connectivity index (χ2v) is 10.6. The van der Waals surface area contributed by atoms with Gasteiger partial charge in [-0.2, -0.15) is 0 Å². The Kier molecular flexibility index (Phi) is 5.30. The van der Waals surface area contributed by atoms with Crippen LogP contribution in [0.4, 0.5) is 0 Å². The molecule has 1 aromatic carbocycles. The number of benzene rings is 1. The number of carbonyl (C=O) groups is 1. The van der Waals surface area contributed by atoms with Crippen molar-refractivity contribution in [2.45, 2.75) is 43.5 Å². The number of pyridine rings is 1. The van der Waals surface area contributed by atoms with Gasteiger partial charge in [-0.1, -0.05) is 30.0 Å². The summed E-state index contributed by atoms with van der Waals surface area (Å²) in [6.07, 6.45) is 0.522. The van der Waals surface area contributed by atoms with E-state index in [0.29, 0.717) is 6.42 Å². The molecule has 1 fully saturated rings. The van der Waals surface area contributed by atoms with E-state index in [9.17, 15) is 13.2 Å². The number of thioether (sulfide) groups is 1. The Bertz CT molecular complexity index is 957. The van der Waals surface area contributed by atoms with E-state index in [1.807, 2.05) is 32.0 Å². The molecule has 1 aliphatic rings. The monoisotopic (exact) mass is 392 g/mol. The van der Waals surface area contributed by atoms with Gasteiger partial charge >= 0.3 is 0 Å². The van der Waals surface area contributed by atoms with E-state index in [2.05, 4.69) is 13.0 Å². The highest BCUT2D eigenvalue weighted by Crippen LogP contribution is 2.29. The average molecular weight is 393 g/mol. The Morgan fingerprint density at radius 2 is 2.04 bits per heavy atom. The molecule has 0 N–H and O–H groups in total. The lowest BCUT2D eigenvalue weighted by atomic mass is 10.1. The zero-order valence-electron chi connectivity index (χ0n) is 15.5. The van der Waals surface area contributed by atoms with Crippen molar-refractivity contribution in [3.8, 4) is 0 Å². The molecule has 0 saturated carbocycles. The van der Waals surface area contributed by atoms with Crippen molar-refractivity contribution in [2.75, 3.05) is 18.6 Å². The molecule has 1 amide bonds. The van der Waals surface area contributed by atoms with Gasteiger partial charge in [0.25, 0.3) is 0 Å². The second-order valence-electron chi connectivity index (χ2n) is 7.01. The van der Waals surface area contributed by atoms with E-state index >= 15 is 0 Å². The fourth-order valence-corrected chi connectivity index (χ4v) is 6.16. The van der Waals surface area contributed by atoms with E-state index < -0.39 is 9.84 Å². The molecule has 0 radical (unpaired) electrons. The van der Waals surface area contributed by atoms with Crippen LogP contribution in [0, 0.1) is 13.8 Å². The van der Waals surface area contributed by atoms with Crippen LogP contribution in [0.5, 0.6) is 0 Å². The van der Waals surface area contributed by atoms with Crippen LogP contribution >= 0.6 is 11.8 Å². The van der Waals surface area contributed by atoms with E-state index in [0.717, 1.165) is 27.1 Å². The summed E-state index contributed by atoms with van der Waals surface area (Å²) in [4.78, 5) is 19.1. The van der Waals surface area contributed by atoms with Crippen molar-refractivity contribution < 1.29 is 13.2 Å². The standard InChI is InChI=1S/C19H24N2O3S2/c1-12-6-5-7-16-13(2)10-17(20-18(12)16)25-14(3)19(22)21(4)15-8-9-26(23,24)11-15/h5-7,10,14-15H,8-9,11H2,1-4H3/t14-,15-/m0/s1. The summed E-state index contributed by atoms with van der Waals surface area (Å²) in [5.41, 5.74) is 3.21. The van der Waals surface area contributed by atoms with Crippen LogP contribution in [0.25, 0.3) is 10.9 Å². The summed E-state index contributed by atoms with van der Waals surface area (Å²) in [6, 6.07) is 7.91. The molecular weight excluding hydrogens is 368 g/mol. The van der Waals surface area contributed by atoms with Crippen LogP contribution in [0.15, 0.2) is 29.3 Å². The topological polar surface area (TPSA) is 67.3 Å². The van der Waals surface area contributed by atoms with Crippen molar-refractivity contribution in [3.63, 3.8) is 0 Å². The molecule has 0 aliphatic carbocycles. The molecule has 26 heavy (non-hydrogen) atoms. The SMILES string of the molecule is Cc1cc(S[C@@H](C)C(=O)N(C)[C@H]2CCS(=O)(=O)C2)nc2c(C)cccc12. The van der Waals surface area contributed by atoms with E-state index in [-0.39, 0.29) is 28.7 Å². The average Bonchev–Trinajstić information content (AvgIpc) is 2.94. The molecule has 2 aromatic rings. The van der Waals surface area contributed by atoms with Gasteiger partial charge in [0.2, 0.25) is 5.91 Å². The number of rotatable bonds is 4. The van der Waals surface area contributed by atoms with Gasteiger partial charge in [-0.3, -0.25) is 4.79 Å². The molecule has 5 nitrogen and oxygen atoms in total. The van der Waals surface area contributed by atoms with Crippen LogP contribution in [-0.2, 0) is 14.6 Å². The second kappa shape index (κ2) is 7.19. The first-order valence-corrected chi connectivity index (χ1v) is 11.4. The number of carbonyl (C=O) groups excluding carboxylic acids is 1. The van der Waals surface area contributed by atoms with Crippen molar-refractivity contribution in [3.05, 3.63) is 35.4 Å². The highest BCUT2D eigenvalue weighted by Gasteiger charge is 2.34. The third-order valence-electron chi connectivity index (χ3n) is 4.97. The highest BCUT2D eigenvalue weighted by atomic mass is 32.2. The molecule has 7 heteroatoms. The lowest BCUT2D eigenvalue weighted by molar-refractivity contribution is -0.130. The van der Waals surface area contributed by atoms with Crippen LogP contribution in [-0.4, -0.2) is 54.1 Å². The van der Waals surface area contributed by atoms with Crippen LogP contribution in [0.2, 0.25) is 0 Å². The first kappa shape index (κ1) is 19.2. The zero-order valence-corrected chi connectivity index (χ0v) is 17.2. The van der Waals surface area contributed by atoms with Gasteiger partial charge in [0, 0.05) is 18.5 Å². The van der Waals surface area contributed by atoms with Crippen molar-refractivity contribution in [2.24, 2.45) is 0 Å². The van der Waals surface area contributed by atoms with Gasteiger partial charge in [0.05, 0.1) is 27.3 Å². The minimum Gasteiger partial charge on any atom is -0.341 e. The van der Waals surface area contributed by atoms with E-state index in [1.54, 1.807) is 11.9 Å². The Balaban J connectivity index is 1.77. The molecular formula is C19H24N2O3S2. The molecule has 1 aliphatic heterocycles. The first-order chi connectivity index (χ1) is 12.2. The maximum Gasteiger partial charge on any atom is 0.235 e. The quantitative estimate of drug-likeness (QED) is 0.749. The fraction of sp³-hybridized carbons (Fsp3) is 0.474. The van der Waals surface area contributed by atoms with Crippen molar-refractivity contribution in [1.29, 1.82) is 0 Å². The van der Waals surface area contributed by atoms with Crippen molar-refractivity contribution >= 4 is 38.4 Å². The smallest absolute Gasteiger partial charge is 0.235 e. The van der Waals surface area contributed by atoms with Crippen LogP contribution in [0.1, 0.15) is 24.5 Å². The lowest BCUT2D eigenvalue weighted by Crippen LogP contribution is -2.41. The molecule has 1 aromatic heterocycles. The summed E-state index contributed by atoms with van der Waals surface area (Å²) < 4.78 is 23.3. The van der Waals surface area contributed by atoms with E-state index in [1.165, 1.54) is 11.8 Å². The Hall–Kier alpha value is -1.60. The number of amides is 1. The molecule has 140 valence electrons. The Labute approximate surface area is 159 Å². The first-order valence-electron chi connectivity index (χ1n) is 8.68. The minimum absolute atomic E-state index is 0.0542. The van der Waals surface area contributed by atoms with Gasteiger partial charge in [-0.15, -0.1) is 0 Å². The van der Waals surface area contributed by atoms with Gasteiger partial charge < -0.3 is 4.90 Å². The molecule has 3 rings (SSSR count). The molecule has 2 heterocycles. The molecule has 0 bridgehead atoms. The van der Waals surface area contributed by atoms with E-state index in [4.69, 9.17) is 4.98 Å². The van der Waals surface area contributed by atoms with Gasteiger partial charge in [-0.25, -0.2) is 13.4 Å². The number of fused-ring (bicyclic) bond motifs is 1. The fourth-order valence-electron chi connectivity index (χ4n) is 3.37. The highest BCUT2D eigenvalue weighted by molar-refractivity contribution is 8.00. The summed E-state index contributed by atoms with van der Waals surface area (Å²) in [5.74, 6) is 0.183. The van der Waals surface area contributed by atoms with Gasteiger partial charge in [-0.05, 0) is 44.4 Å². The van der Waals surface area contributed by atoms with Gasteiger partial charge in [0.1, 0.15) is 0 Å².